The summed E-state index contributed by atoms with van der Waals surface area (Å²) in [5.74, 6) is -1.19. The summed E-state index contributed by atoms with van der Waals surface area (Å²) in [5.41, 5.74) is 0.668. The Kier molecular flexibility index (Phi) is 5.26. The molecule has 0 saturated carbocycles. The van der Waals surface area contributed by atoms with Crippen LogP contribution in [0, 0.1) is 0 Å². The predicted molar refractivity (Wildman–Crippen MR) is 72.4 cm³/mol. The first kappa shape index (κ1) is 15.4. The first-order valence-electron chi connectivity index (χ1n) is 5.84. The maximum absolute atomic E-state index is 12.5. The summed E-state index contributed by atoms with van der Waals surface area (Å²) in [5, 5.41) is 8.81. The van der Waals surface area contributed by atoms with E-state index in [0.717, 1.165) is 4.31 Å². The maximum Gasteiger partial charge on any atom is 0.318 e. The quantitative estimate of drug-likeness (QED) is 0.770. The molecule has 1 rings (SSSR count). The second kappa shape index (κ2) is 6.49. The van der Waals surface area contributed by atoms with Crippen LogP contribution >= 0.6 is 0 Å². The van der Waals surface area contributed by atoms with Gasteiger partial charge in [0, 0.05) is 6.54 Å². The molecule has 0 heterocycles. The Morgan fingerprint density at radius 2 is 2.05 bits per heavy atom. The van der Waals surface area contributed by atoms with Gasteiger partial charge in [-0.2, -0.15) is 4.31 Å². The summed E-state index contributed by atoms with van der Waals surface area (Å²) in [6.07, 6.45) is 1.93. The van der Waals surface area contributed by atoms with Crippen LogP contribution in [-0.4, -0.2) is 36.9 Å². The van der Waals surface area contributed by atoms with E-state index in [2.05, 4.69) is 6.58 Å². The number of hydrogen-bond acceptors (Lipinski definition) is 3. The Labute approximate surface area is 113 Å². The summed E-state index contributed by atoms with van der Waals surface area (Å²) in [7, 11) is -3.82. The highest BCUT2D eigenvalue weighted by Crippen LogP contribution is 2.20. The number of rotatable bonds is 7. The lowest BCUT2D eigenvalue weighted by atomic mass is 10.2. The molecule has 5 nitrogen and oxygen atoms in total. The van der Waals surface area contributed by atoms with Gasteiger partial charge in [0.25, 0.3) is 0 Å². The van der Waals surface area contributed by atoms with Crippen LogP contribution in [0.1, 0.15) is 12.5 Å². The molecule has 1 aromatic rings. The number of benzene rings is 1. The molecule has 104 valence electrons. The molecule has 6 heteroatoms. The molecule has 1 aromatic carbocycles. The monoisotopic (exact) mass is 283 g/mol. The van der Waals surface area contributed by atoms with Gasteiger partial charge < -0.3 is 5.11 Å². The van der Waals surface area contributed by atoms with E-state index < -0.39 is 22.5 Å². The summed E-state index contributed by atoms with van der Waals surface area (Å²) >= 11 is 0. The van der Waals surface area contributed by atoms with E-state index in [1.807, 2.05) is 6.92 Å². The molecule has 1 N–H and O–H groups in total. The number of carboxylic acids is 1. The molecule has 0 aromatic heterocycles. The minimum atomic E-state index is -3.82. The molecule has 0 saturated heterocycles. The molecule has 0 spiro atoms. The molecular weight excluding hydrogens is 266 g/mol. The number of aliphatic carboxylic acids is 1. The summed E-state index contributed by atoms with van der Waals surface area (Å²) in [4.78, 5) is 10.9. The van der Waals surface area contributed by atoms with Gasteiger partial charge in [0.2, 0.25) is 10.0 Å². The number of hydrogen-bond donors (Lipinski definition) is 1. The van der Waals surface area contributed by atoms with Gasteiger partial charge in [0.15, 0.2) is 0 Å². The lowest BCUT2D eigenvalue weighted by Crippen LogP contribution is -2.36. The highest BCUT2D eigenvalue weighted by Gasteiger charge is 2.27. The smallest absolute Gasteiger partial charge is 0.318 e. The normalized spacial score (nSPS) is 11.5. The molecule has 0 bridgehead atoms. The van der Waals surface area contributed by atoms with Crippen molar-refractivity contribution >= 4 is 16.0 Å². The minimum absolute atomic E-state index is 0.0350. The largest absolute Gasteiger partial charge is 0.480 e. The Bertz CT molecular complexity index is 566. The third-order valence-electron chi connectivity index (χ3n) is 2.62. The van der Waals surface area contributed by atoms with Gasteiger partial charge in [0.05, 0.1) is 4.90 Å². The molecule has 0 aliphatic rings. The summed E-state index contributed by atoms with van der Waals surface area (Å²) < 4.78 is 25.8. The number of carboxylic acid groups (broad SMARTS) is 1. The van der Waals surface area contributed by atoms with Crippen molar-refractivity contribution in [3.63, 3.8) is 0 Å². The molecule has 0 aliphatic carbocycles. The SMILES string of the molecule is C=CCN(CC(=O)O)S(=O)(=O)c1ccccc1CC. The lowest BCUT2D eigenvalue weighted by molar-refractivity contribution is -0.137. The Hall–Kier alpha value is -1.66. The molecular formula is C13H17NO4S. The lowest BCUT2D eigenvalue weighted by Gasteiger charge is -2.20. The number of sulfonamides is 1. The van der Waals surface area contributed by atoms with Gasteiger partial charge >= 0.3 is 5.97 Å². The van der Waals surface area contributed by atoms with E-state index in [-0.39, 0.29) is 11.4 Å². The van der Waals surface area contributed by atoms with Crippen LogP contribution in [0.3, 0.4) is 0 Å². The van der Waals surface area contributed by atoms with Crippen LogP contribution in [0.15, 0.2) is 41.8 Å². The highest BCUT2D eigenvalue weighted by atomic mass is 32.2. The van der Waals surface area contributed by atoms with Crippen molar-refractivity contribution in [1.82, 2.24) is 4.31 Å². The van der Waals surface area contributed by atoms with Crippen LogP contribution in [0.5, 0.6) is 0 Å². The van der Waals surface area contributed by atoms with Crippen molar-refractivity contribution in [2.24, 2.45) is 0 Å². The van der Waals surface area contributed by atoms with Crippen LogP contribution < -0.4 is 0 Å². The van der Waals surface area contributed by atoms with Crippen LogP contribution in [-0.2, 0) is 21.2 Å². The zero-order valence-corrected chi connectivity index (χ0v) is 11.6. The minimum Gasteiger partial charge on any atom is -0.480 e. The second-order valence-electron chi connectivity index (χ2n) is 3.94. The van der Waals surface area contributed by atoms with E-state index in [1.165, 1.54) is 12.1 Å². The van der Waals surface area contributed by atoms with E-state index in [9.17, 15) is 13.2 Å². The fourth-order valence-electron chi connectivity index (χ4n) is 1.73. The fourth-order valence-corrected chi connectivity index (χ4v) is 3.38. The number of nitrogens with zero attached hydrogens (tertiary/aromatic N) is 1. The van der Waals surface area contributed by atoms with Crippen molar-refractivity contribution in [3.8, 4) is 0 Å². The zero-order chi connectivity index (χ0) is 14.5. The van der Waals surface area contributed by atoms with Gasteiger partial charge in [-0.05, 0) is 18.1 Å². The second-order valence-corrected chi connectivity index (χ2v) is 5.85. The topological polar surface area (TPSA) is 74.7 Å². The average molecular weight is 283 g/mol. The molecule has 0 amide bonds. The standard InChI is InChI=1S/C13H17NO4S/c1-3-9-14(10-13(15)16)19(17,18)12-8-6-5-7-11(12)4-2/h3,5-8H,1,4,9-10H2,2H3,(H,15,16). The van der Waals surface area contributed by atoms with Crippen LogP contribution in [0.25, 0.3) is 0 Å². The Morgan fingerprint density at radius 1 is 1.42 bits per heavy atom. The summed E-state index contributed by atoms with van der Waals surface area (Å²) in [6, 6.07) is 6.59. The van der Waals surface area contributed by atoms with E-state index in [0.29, 0.717) is 12.0 Å². The molecule has 0 fully saturated rings. The van der Waals surface area contributed by atoms with Crippen molar-refractivity contribution < 1.29 is 18.3 Å². The average Bonchev–Trinajstić information content (AvgIpc) is 2.37. The van der Waals surface area contributed by atoms with Crippen molar-refractivity contribution in [1.29, 1.82) is 0 Å². The van der Waals surface area contributed by atoms with E-state index in [1.54, 1.807) is 18.2 Å². The van der Waals surface area contributed by atoms with Gasteiger partial charge in [-0.15, -0.1) is 6.58 Å². The zero-order valence-electron chi connectivity index (χ0n) is 10.7. The van der Waals surface area contributed by atoms with Gasteiger partial charge in [-0.1, -0.05) is 31.2 Å². The van der Waals surface area contributed by atoms with Crippen molar-refractivity contribution in [2.75, 3.05) is 13.1 Å². The van der Waals surface area contributed by atoms with E-state index >= 15 is 0 Å². The molecule has 0 aliphatic heterocycles. The maximum atomic E-state index is 12.5. The van der Waals surface area contributed by atoms with Crippen molar-refractivity contribution in [3.05, 3.63) is 42.5 Å². The van der Waals surface area contributed by atoms with E-state index in [4.69, 9.17) is 5.11 Å². The third kappa shape index (κ3) is 3.65. The van der Waals surface area contributed by atoms with Crippen LogP contribution in [0.4, 0.5) is 0 Å². The molecule has 0 radical (unpaired) electrons. The molecule has 0 unspecified atom stereocenters. The first-order chi connectivity index (χ1) is 8.93. The van der Waals surface area contributed by atoms with Gasteiger partial charge in [-0.3, -0.25) is 4.79 Å². The first-order valence-corrected chi connectivity index (χ1v) is 7.28. The summed E-state index contributed by atoms with van der Waals surface area (Å²) in [6.45, 7) is 4.70. The van der Waals surface area contributed by atoms with Crippen LogP contribution in [0.2, 0.25) is 0 Å². The highest BCUT2D eigenvalue weighted by molar-refractivity contribution is 7.89. The van der Waals surface area contributed by atoms with Gasteiger partial charge in [-0.25, -0.2) is 8.42 Å². The Balaban J connectivity index is 3.25. The van der Waals surface area contributed by atoms with Crippen molar-refractivity contribution in [2.45, 2.75) is 18.2 Å². The van der Waals surface area contributed by atoms with Gasteiger partial charge in [0.1, 0.15) is 6.54 Å². The fraction of sp³-hybridized carbons (Fsp3) is 0.308. The molecule has 19 heavy (non-hydrogen) atoms. The third-order valence-corrected chi connectivity index (χ3v) is 4.53. The Morgan fingerprint density at radius 3 is 2.58 bits per heavy atom. The number of aryl methyl sites for hydroxylation is 1. The predicted octanol–water partition coefficient (Wildman–Crippen LogP) is 1.51. The number of carbonyl (C=O) groups is 1. The molecule has 0 atom stereocenters.